The number of hydrogen-bond donors (Lipinski definition) is 0. The van der Waals surface area contributed by atoms with Gasteiger partial charge in [-0.2, -0.15) is 0 Å². The number of alkyl halides is 1. The summed E-state index contributed by atoms with van der Waals surface area (Å²) in [7, 11) is 0.500. The van der Waals surface area contributed by atoms with Crippen molar-refractivity contribution in [2.24, 2.45) is 0 Å². The summed E-state index contributed by atoms with van der Waals surface area (Å²) >= 11 is 0. The molecule has 3 heterocycles. The van der Waals surface area contributed by atoms with Crippen LogP contribution in [0, 0.1) is 0 Å². The predicted octanol–water partition coefficient (Wildman–Crippen LogP) is 11.1. The fourth-order valence-corrected chi connectivity index (χ4v) is 4.89. The molecule has 6 aromatic rings. The maximum atomic E-state index is 13.5. The fraction of sp³-hybridized carbons (Fsp3) is 0.333. The van der Waals surface area contributed by atoms with E-state index in [1.807, 2.05) is 119 Å². The average Bonchev–Trinajstić information content (AvgIpc) is 3.56. The number of rotatable bonds is 1. The van der Waals surface area contributed by atoms with Gasteiger partial charge in [0.15, 0.2) is 0 Å². The molecular weight excluding hydrogens is 577 g/mol. The van der Waals surface area contributed by atoms with Crippen molar-refractivity contribution >= 4 is 55.7 Å². The van der Waals surface area contributed by atoms with Crippen LogP contribution in [0.4, 0.5) is 10.1 Å². The third-order valence-corrected chi connectivity index (χ3v) is 6.28. The van der Waals surface area contributed by atoms with E-state index in [4.69, 9.17) is 4.98 Å². The fourth-order valence-electron chi connectivity index (χ4n) is 4.89. The minimum Gasteiger partial charge on any atom is -0.268 e. The van der Waals surface area contributed by atoms with E-state index in [0.717, 1.165) is 16.4 Å². The molecule has 0 atom stereocenters. The van der Waals surface area contributed by atoms with Gasteiger partial charge < -0.3 is 0 Å². The average molecular weight is 630 g/mol. The Balaban J connectivity index is 0.00000129. The van der Waals surface area contributed by atoms with Crippen molar-refractivity contribution in [3.8, 4) is 0 Å². The number of amides is 2. The molecule has 4 aromatic carbocycles. The number of halogens is 1. The first-order chi connectivity index (χ1) is 22.6. The Hall–Kier alpha value is -4.65. The van der Waals surface area contributed by atoms with Gasteiger partial charge in [0, 0.05) is 32.7 Å². The monoisotopic (exact) mass is 629 g/mol. The molecule has 1 aliphatic rings. The largest absolute Gasteiger partial charge is 0.268 e. The van der Waals surface area contributed by atoms with Gasteiger partial charge >= 0.3 is 0 Å². The zero-order valence-corrected chi connectivity index (χ0v) is 29.9. The molecule has 248 valence electrons. The highest BCUT2D eigenvalue weighted by Crippen LogP contribution is 2.38. The minimum absolute atomic E-state index is 0.213. The first kappa shape index (κ1) is 41.4. The molecule has 7 heteroatoms. The quantitative estimate of drug-likeness (QED) is 0.170. The summed E-state index contributed by atoms with van der Waals surface area (Å²) in [4.78, 5) is 46.2. The van der Waals surface area contributed by atoms with E-state index < -0.39 is 11.8 Å². The Morgan fingerprint density at radius 1 is 0.522 bits per heavy atom. The molecule has 46 heavy (non-hydrogen) atoms. The van der Waals surface area contributed by atoms with E-state index >= 15 is 0 Å². The number of nitrogens with zero attached hydrogens (tertiary/aromatic N) is 3. The van der Waals surface area contributed by atoms with Crippen molar-refractivity contribution < 1.29 is 14.0 Å². The van der Waals surface area contributed by atoms with Crippen LogP contribution in [0.3, 0.4) is 0 Å². The summed E-state index contributed by atoms with van der Waals surface area (Å²) in [5.41, 5.74) is 3.08. The topological polar surface area (TPSA) is 71.7 Å². The molecule has 7 rings (SSSR count). The lowest BCUT2D eigenvalue weighted by molar-refractivity contribution is 0.0893. The Bertz CT molecular complexity index is 1830. The van der Waals surface area contributed by atoms with Gasteiger partial charge in [0.25, 0.3) is 17.4 Å². The number of hydrogen-bond acceptors (Lipinski definition) is 4. The number of carbonyl (C=O) groups is 2. The summed E-state index contributed by atoms with van der Waals surface area (Å²) in [5.74, 6) is -0.798. The molecule has 0 unspecified atom stereocenters. The lowest BCUT2D eigenvalue weighted by Gasteiger charge is -2.27. The number of pyridine rings is 1. The van der Waals surface area contributed by atoms with E-state index in [9.17, 15) is 18.8 Å². The molecule has 2 amide bonds. The summed E-state index contributed by atoms with van der Waals surface area (Å²) in [6, 6.07) is 23.2. The molecule has 0 saturated heterocycles. The summed E-state index contributed by atoms with van der Waals surface area (Å²) in [6.07, 6.45) is 0. The van der Waals surface area contributed by atoms with Crippen molar-refractivity contribution in [3.63, 3.8) is 0 Å². The van der Waals surface area contributed by atoms with Gasteiger partial charge in [0.2, 0.25) is 0 Å². The van der Waals surface area contributed by atoms with Gasteiger partial charge in [-0.15, -0.1) is 0 Å². The molecule has 0 fully saturated rings. The molecule has 0 N–H and O–H groups in total. The first-order valence-electron chi connectivity index (χ1n) is 16.6. The summed E-state index contributed by atoms with van der Waals surface area (Å²) in [5, 5.41) is 2.34. The third-order valence-electron chi connectivity index (χ3n) is 6.28. The zero-order chi connectivity index (χ0) is 35.6. The number of anilines is 1. The van der Waals surface area contributed by atoms with Crippen molar-refractivity contribution in [2.75, 3.05) is 12.1 Å². The molecule has 0 radical (unpaired) electrons. The maximum Gasteiger partial charge on any atom is 0.265 e. The SMILES string of the molecule is CC.CC.CC.CC.CC.CC.CF.O=C1c2ccc3c(=O)n4c5ccccc5nc4c4ccc(c2c34)C(=O)N1c1ccccc1. The van der Waals surface area contributed by atoms with Crippen LogP contribution in [-0.2, 0) is 0 Å². The van der Waals surface area contributed by atoms with E-state index in [0.29, 0.717) is 45.8 Å². The first-order valence-corrected chi connectivity index (χ1v) is 16.6. The lowest BCUT2D eigenvalue weighted by Crippen LogP contribution is -2.40. The Morgan fingerprint density at radius 3 is 1.50 bits per heavy atom. The number of carbonyl (C=O) groups excluding carboxylic acids is 2. The second-order valence-corrected chi connectivity index (χ2v) is 7.92. The van der Waals surface area contributed by atoms with Gasteiger partial charge in [0.05, 0.1) is 23.9 Å². The molecule has 1 aliphatic heterocycles. The molecule has 0 saturated carbocycles. The predicted molar refractivity (Wildman–Crippen MR) is 198 cm³/mol. The molecule has 6 nitrogen and oxygen atoms in total. The molecule has 0 spiro atoms. The van der Waals surface area contributed by atoms with Crippen LogP contribution in [0.2, 0.25) is 0 Å². The number of aromatic nitrogens is 2. The van der Waals surface area contributed by atoms with Crippen LogP contribution in [0.5, 0.6) is 0 Å². The van der Waals surface area contributed by atoms with Crippen molar-refractivity contribution in [1.82, 2.24) is 9.38 Å². The number of imide groups is 1. The highest BCUT2D eigenvalue weighted by molar-refractivity contribution is 6.38. The van der Waals surface area contributed by atoms with Crippen molar-refractivity contribution in [1.29, 1.82) is 0 Å². The lowest BCUT2D eigenvalue weighted by atomic mass is 9.90. The number of fused-ring (bicyclic) bond motifs is 4. The Kier molecular flexibility index (Phi) is 19.0. The van der Waals surface area contributed by atoms with E-state index in [-0.39, 0.29) is 5.56 Å². The second-order valence-electron chi connectivity index (χ2n) is 7.92. The summed E-state index contributed by atoms with van der Waals surface area (Å²) < 4.78 is 11.1. The zero-order valence-electron chi connectivity index (χ0n) is 29.9. The van der Waals surface area contributed by atoms with E-state index in [2.05, 4.69) is 0 Å². The van der Waals surface area contributed by atoms with Gasteiger partial charge in [-0.1, -0.05) is 113 Å². The van der Waals surface area contributed by atoms with Crippen LogP contribution in [0.15, 0.2) is 83.7 Å². The Morgan fingerprint density at radius 2 is 0.978 bits per heavy atom. The van der Waals surface area contributed by atoms with Crippen LogP contribution in [0.25, 0.3) is 38.2 Å². The Labute approximate surface area is 274 Å². The van der Waals surface area contributed by atoms with Gasteiger partial charge in [-0.25, -0.2) is 9.88 Å². The molecule has 0 aliphatic carbocycles. The highest BCUT2D eigenvalue weighted by Gasteiger charge is 2.35. The molecular formula is C39H52FN3O3. The summed E-state index contributed by atoms with van der Waals surface area (Å²) in [6.45, 7) is 24.0. The number of imidazole rings is 1. The van der Waals surface area contributed by atoms with Crippen LogP contribution < -0.4 is 10.5 Å². The normalized spacial score (nSPS) is 10.5. The standard InChI is InChI=1S/C26H13N3O3.6C2H6.CH3F/c30-24-17-11-10-15-21-16(26(32)29-20-9-5-4-8-19(20)27-23(15)29)12-13-18(22(17)21)25(31)28(24)14-6-2-1-3-7-14;7*1-2/h1-13H;6*1-2H3;1H3. The van der Waals surface area contributed by atoms with Gasteiger partial charge in [-0.3, -0.25) is 23.2 Å². The maximum absolute atomic E-state index is 13.5. The third kappa shape index (κ3) is 7.41. The van der Waals surface area contributed by atoms with Crippen molar-refractivity contribution in [2.45, 2.75) is 83.1 Å². The number of para-hydroxylation sites is 3. The van der Waals surface area contributed by atoms with Crippen LogP contribution in [0.1, 0.15) is 104 Å². The smallest absolute Gasteiger partial charge is 0.265 e. The minimum atomic E-state index is -0.399. The second kappa shape index (κ2) is 21.2. The number of benzene rings is 4. The van der Waals surface area contributed by atoms with Crippen LogP contribution in [-0.4, -0.2) is 28.4 Å². The van der Waals surface area contributed by atoms with E-state index in [1.54, 1.807) is 46.9 Å². The van der Waals surface area contributed by atoms with Crippen molar-refractivity contribution in [3.05, 3.63) is 100 Å². The van der Waals surface area contributed by atoms with Gasteiger partial charge in [-0.05, 0) is 48.5 Å². The molecule has 0 bridgehead atoms. The highest BCUT2D eigenvalue weighted by atomic mass is 19.1. The molecule has 2 aromatic heterocycles. The van der Waals surface area contributed by atoms with E-state index in [1.165, 1.54) is 4.90 Å². The van der Waals surface area contributed by atoms with Crippen LogP contribution >= 0.6 is 0 Å². The van der Waals surface area contributed by atoms with Gasteiger partial charge in [0.1, 0.15) is 5.65 Å².